The van der Waals surface area contributed by atoms with Gasteiger partial charge in [-0.25, -0.2) is 18.7 Å². The zero-order chi connectivity index (χ0) is 17.7. The summed E-state index contributed by atoms with van der Waals surface area (Å²) in [6.45, 7) is 3.87. The molecule has 0 saturated heterocycles. The lowest BCUT2D eigenvalue weighted by Crippen LogP contribution is -2.10. The first kappa shape index (κ1) is 16.2. The first-order valence-electron chi connectivity index (χ1n) is 7.39. The molecule has 0 radical (unpaired) electrons. The Balaban J connectivity index is 1.63. The molecule has 0 saturated carbocycles. The predicted molar refractivity (Wildman–Crippen MR) is 95.3 cm³/mol. The number of thioether (sulfide) groups is 1. The molecule has 2 N–H and O–H groups in total. The molecule has 0 amide bonds. The van der Waals surface area contributed by atoms with Gasteiger partial charge in [0.15, 0.2) is 16.8 Å². The quantitative estimate of drug-likeness (QED) is 0.528. The highest BCUT2D eigenvalue weighted by molar-refractivity contribution is 7.98. The third-order valence-corrected chi connectivity index (χ3v) is 5.92. The molecular weight excluding hydrogens is 366 g/mol. The fourth-order valence-electron chi connectivity index (χ4n) is 2.55. The van der Waals surface area contributed by atoms with Crippen LogP contribution in [0.15, 0.2) is 22.1 Å². The van der Waals surface area contributed by atoms with Crippen molar-refractivity contribution in [1.29, 1.82) is 0 Å². The van der Waals surface area contributed by atoms with E-state index in [1.165, 1.54) is 23.1 Å². The normalized spacial score (nSPS) is 11.7. The summed E-state index contributed by atoms with van der Waals surface area (Å²) in [5, 5.41) is 1.13. The van der Waals surface area contributed by atoms with Crippen molar-refractivity contribution >= 4 is 44.3 Å². The Bertz CT molecular complexity index is 1140. The van der Waals surface area contributed by atoms with Crippen LogP contribution < -0.4 is 5.56 Å². The van der Waals surface area contributed by atoms with E-state index in [0.717, 1.165) is 22.6 Å². The van der Waals surface area contributed by atoms with Crippen LogP contribution in [0, 0.1) is 25.5 Å². The molecule has 0 fully saturated rings. The molecular formula is C16H12F2N4OS2. The minimum absolute atomic E-state index is 0.156. The largest absolute Gasteiger partial charge is 0.333 e. The zero-order valence-corrected chi connectivity index (χ0v) is 14.9. The number of aromatic nitrogens is 4. The fourth-order valence-corrected chi connectivity index (χ4v) is 4.36. The fraction of sp³-hybridized carbons (Fsp3) is 0.188. The van der Waals surface area contributed by atoms with Gasteiger partial charge in [0.1, 0.15) is 10.7 Å². The summed E-state index contributed by atoms with van der Waals surface area (Å²) in [5.74, 6) is -0.948. The molecule has 0 aliphatic heterocycles. The van der Waals surface area contributed by atoms with Gasteiger partial charge in [-0.15, -0.1) is 11.3 Å². The van der Waals surface area contributed by atoms with E-state index in [1.807, 2.05) is 13.8 Å². The molecule has 3 heterocycles. The van der Waals surface area contributed by atoms with Crippen molar-refractivity contribution in [2.45, 2.75) is 24.8 Å². The van der Waals surface area contributed by atoms with E-state index in [2.05, 4.69) is 19.9 Å². The average molecular weight is 378 g/mol. The van der Waals surface area contributed by atoms with E-state index in [1.54, 1.807) is 0 Å². The maximum absolute atomic E-state index is 13.3. The van der Waals surface area contributed by atoms with E-state index < -0.39 is 11.6 Å². The molecule has 0 spiro atoms. The van der Waals surface area contributed by atoms with Crippen molar-refractivity contribution < 1.29 is 8.78 Å². The number of thiophene rings is 1. The number of fused-ring (bicyclic) bond motifs is 2. The number of aryl methyl sites for hydroxylation is 2. The molecule has 0 unspecified atom stereocenters. The van der Waals surface area contributed by atoms with Gasteiger partial charge in [0.25, 0.3) is 5.56 Å². The Morgan fingerprint density at radius 3 is 2.72 bits per heavy atom. The van der Waals surface area contributed by atoms with E-state index in [0.29, 0.717) is 38.0 Å². The van der Waals surface area contributed by atoms with Crippen LogP contribution in [0.4, 0.5) is 8.78 Å². The molecule has 128 valence electrons. The van der Waals surface area contributed by atoms with Crippen LogP contribution in [0.5, 0.6) is 0 Å². The summed E-state index contributed by atoms with van der Waals surface area (Å²) in [6, 6.07) is 2.12. The number of imidazole rings is 1. The molecule has 3 aromatic heterocycles. The van der Waals surface area contributed by atoms with E-state index in [9.17, 15) is 13.6 Å². The van der Waals surface area contributed by atoms with Gasteiger partial charge in [0.05, 0.1) is 22.2 Å². The molecule has 9 heteroatoms. The predicted octanol–water partition coefficient (Wildman–Crippen LogP) is 4.05. The van der Waals surface area contributed by atoms with E-state index >= 15 is 0 Å². The van der Waals surface area contributed by atoms with Crippen LogP contribution in [-0.2, 0) is 5.75 Å². The maximum Gasteiger partial charge on any atom is 0.259 e. The second kappa shape index (κ2) is 5.92. The molecule has 4 rings (SSSR count). The summed E-state index contributed by atoms with van der Waals surface area (Å²) >= 11 is 2.79. The van der Waals surface area contributed by atoms with Crippen molar-refractivity contribution in [1.82, 2.24) is 19.9 Å². The van der Waals surface area contributed by atoms with Crippen molar-refractivity contribution in [2.24, 2.45) is 0 Å². The zero-order valence-electron chi connectivity index (χ0n) is 13.2. The van der Waals surface area contributed by atoms with Gasteiger partial charge in [-0.1, -0.05) is 11.8 Å². The Kier molecular flexibility index (Phi) is 3.84. The van der Waals surface area contributed by atoms with Crippen LogP contribution in [0.1, 0.15) is 16.3 Å². The topological polar surface area (TPSA) is 74.4 Å². The van der Waals surface area contributed by atoms with Crippen molar-refractivity contribution in [3.05, 3.63) is 50.4 Å². The van der Waals surface area contributed by atoms with Crippen LogP contribution in [0.3, 0.4) is 0 Å². The molecule has 0 aliphatic rings. The Hall–Kier alpha value is -2.26. The standard InChI is InChI=1S/C16H12F2N4OS2/c1-6-7(2)25-15-13(6)14(23)21-12(22-15)5-24-16-19-10-3-8(17)9(18)4-11(10)20-16/h3-4H,5H2,1-2H3,(H,19,20)(H,21,22,23). The molecule has 1 aromatic carbocycles. The lowest BCUT2D eigenvalue weighted by Gasteiger charge is -1.99. The Labute approximate surface area is 148 Å². The number of halogens is 2. The summed E-state index contributed by atoms with van der Waals surface area (Å²) in [6.07, 6.45) is 0. The minimum atomic E-state index is -0.935. The highest BCUT2D eigenvalue weighted by Crippen LogP contribution is 2.27. The molecule has 0 bridgehead atoms. The highest BCUT2D eigenvalue weighted by atomic mass is 32.2. The van der Waals surface area contributed by atoms with Crippen LogP contribution in [-0.4, -0.2) is 19.9 Å². The summed E-state index contributed by atoms with van der Waals surface area (Å²) in [5.41, 5.74) is 1.57. The SMILES string of the molecule is Cc1sc2nc(CSc3nc4cc(F)c(F)cc4[nH]3)[nH]c(=O)c2c1C. The van der Waals surface area contributed by atoms with Gasteiger partial charge < -0.3 is 9.97 Å². The number of benzene rings is 1. The monoisotopic (exact) mass is 378 g/mol. The number of hydrogen-bond acceptors (Lipinski definition) is 5. The van der Waals surface area contributed by atoms with E-state index in [4.69, 9.17) is 0 Å². The second-order valence-electron chi connectivity index (χ2n) is 5.59. The summed E-state index contributed by atoms with van der Waals surface area (Å²) in [7, 11) is 0. The highest BCUT2D eigenvalue weighted by Gasteiger charge is 2.13. The van der Waals surface area contributed by atoms with E-state index in [-0.39, 0.29) is 5.56 Å². The maximum atomic E-state index is 13.3. The first-order valence-corrected chi connectivity index (χ1v) is 9.19. The first-order chi connectivity index (χ1) is 11.9. The molecule has 0 atom stereocenters. The van der Waals surface area contributed by atoms with Gasteiger partial charge in [-0.05, 0) is 19.4 Å². The average Bonchev–Trinajstić information content (AvgIpc) is 3.07. The van der Waals surface area contributed by atoms with Crippen LogP contribution in [0.2, 0.25) is 0 Å². The van der Waals surface area contributed by atoms with Gasteiger partial charge in [-0.3, -0.25) is 4.79 Å². The Morgan fingerprint density at radius 1 is 1.16 bits per heavy atom. The van der Waals surface area contributed by atoms with Crippen molar-refractivity contribution in [2.75, 3.05) is 0 Å². The number of nitrogens with one attached hydrogen (secondary N) is 2. The lowest BCUT2D eigenvalue weighted by atomic mass is 10.2. The molecule has 4 aromatic rings. The number of H-pyrrole nitrogens is 2. The smallest absolute Gasteiger partial charge is 0.259 e. The third kappa shape index (κ3) is 2.83. The van der Waals surface area contributed by atoms with Gasteiger partial charge in [-0.2, -0.15) is 0 Å². The summed E-state index contributed by atoms with van der Waals surface area (Å²) in [4.78, 5) is 28.5. The number of hydrogen-bond donors (Lipinski definition) is 2. The second-order valence-corrected chi connectivity index (χ2v) is 7.76. The number of aromatic amines is 2. The number of rotatable bonds is 3. The minimum Gasteiger partial charge on any atom is -0.333 e. The Morgan fingerprint density at radius 2 is 1.92 bits per heavy atom. The van der Waals surface area contributed by atoms with Gasteiger partial charge in [0.2, 0.25) is 0 Å². The van der Waals surface area contributed by atoms with Gasteiger partial charge >= 0.3 is 0 Å². The molecule has 5 nitrogen and oxygen atoms in total. The van der Waals surface area contributed by atoms with Gasteiger partial charge in [0, 0.05) is 17.0 Å². The van der Waals surface area contributed by atoms with Crippen molar-refractivity contribution in [3.63, 3.8) is 0 Å². The van der Waals surface area contributed by atoms with Crippen LogP contribution >= 0.6 is 23.1 Å². The molecule has 0 aliphatic carbocycles. The lowest BCUT2D eigenvalue weighted by molar-refractivity contribution is 0.510. The van der Waals surface area contributed by atoms with Crippen molar-refractivity contribution in [3.8, 4) is 0 Å². The third-order valence-electron chi connectivity index (χ3n) is 3.94. The number of nitrogens with zero attached hydrogens (tertiary/aromatic N) is 2. The molecule has 25 heavy (non-hydrogen) atoms. The van der Waals surface area contributed by atoms with Crippen LogP contribution in [0.25, 0.3) is 21.3 Å². The summed E-state index contributed by atoms with van der Waals surface area (Å²) < 4.78 is 26.5.